The molecule has 17 heavy (non-hydrogen) atoms. The molecule has 0 fully saturated rings. The molecule has 2 N–H and O–H groups in total. The predicted octanol–water partition coefficient (Wildman–Crippen LogP) is 3.20. The zero-order chi connectivity index (χ0) is 13.8. The third-order valence-electron chi connectivity index (χ3n) is 2.09. The van der Waals surface area contributed by atoms with E-state index in [-0.39, 0.29) is 0 Å². The van der Waals surface area contributed by atoms with E-state index < -0.39 is 5.97 Å². The summed E-state index contributed by atoms with van der Waals surface area (Å²) in [7, 11) is 1.00. The molecule has 1 aromatic carbocycles. The second kappa shape index (κ2) is 10.9. The molecule has 0 spiro atoms. The summed E-state index contributed by atoms with van der Waals surface area (Å²) in [6.07, 6.45) is 0. The third kappa shape index (κ3) is 6.53. The topological polar surface area (TPSA) is 57.5 Å². The van der Waals surface area contributed by atoms with Crippen LogP contribution >= 0.6 is 0 Å². The Morgan fingerprint density at radius 1 is 1.00 bits per heavy atom. The first-order chi connectivity index (χ1) is 8.13. The Labute approximate surface area is 103 Å². The molecule has 0 aliphatic heterocycles. The Kier molecular flexibility index (Phi) is 11.4. The monoisotopic (exact) mass is 238 g/mol. The number of benzene rings is 1. The summed E-state index contributed by atoms with van der Waals surface area (Å²) in [5.74, 6) is -0.860. The molecule has 0 saturated carbocycles. The fourth-order valence-electron chi connectivity index (χ4n) is 1.07. The van der Waals surface area contributed by atoms with Gasteiger partial charge in [-0.3, -0.25) is 0 Å². The third-order valence-corrected chi connectivity index (χ3v) is 2.09. The Bertz CT molecular complexity index is 340. The molecule has 1 aromatic rings. The van der Waals surface area contributed by atoms with Gasteiger partial charge in [-0.2, -0.15) is 0 Å². The Hall–Kier alpha value is -1.61. The fourth-order valence-corrected chi connectivity index (χ4v) is 1.07. The predicted molar refractivity (Wildman–Crippen MR) is 71.8 cm³/mol. The highest BCUT2D eigenvalue weighted by molar-refractivity contribution is 5.95. The number of hydrogen-bond donors (Lipinski definition) is 2. The van der Waals surface area contributed by atoms with Gasteiger partial charge in [-0.25, -0.2) is 4.79 Å². The molecule has 0 saturated heterocycles. The van der Waals surface area contributed by atoms with Crippen LogP contribution in [0.15, 0.2) is 35.9 Å². The van der Waals surface area contributed by atoms with Crippen LogP contribution in [0.2, 0.25) is 0 Å². The summed E-state index contributed by atoms with van der Waals surface area (Å²) < 4.78 is 0. The maximum atomic E-state index is 10.7. The van der Waals surface area contributed by atoms with Crippen molar-refractivity contribution >= 4 is 11.5 Å². The van der Waals surface area contributed by atoms with Crippen LogP contribution in [-0.2, 0) is 4.79 Å². The molecule has 0 atom stereocenters. The van der Waals surface area contributed by atoms with E-state index in [2.05, 4.69) is 0 Å². The fraction of sp³-hybridized carbons (Fsp3) is 0.357. The minimum atomic E-state index is -0.860. The molecule has 0 heterocycles. The van der Waals surface area contributed by atoms with Gasteiger partial charge in [0, 0.05) is 12.7 Å². The molecule has 0 radical (unpaired) electrons. The van der Waals surface area contributed by atoms with E-state index in [0.29, 0.717) is 5.57 Å². The number of carboxylic acid groups (broad SMARTS) is 1. The van der Waals surface area contributed by atoms with Gasteiger partial charge in [-0.15, -0.1) is 0 Å². The number of aliphatic hydroxyl groups is 1. The molecule has 0 aliphatic rings. The van der Waals surface area contributed by atoms with Crippen molar-refractivity contribution in [2.24, 2.45) is 0 Å². The van der Waals surface area contributed by atoms with Gasteiger partial charge < -0.3 is 10.2 Å². The molecular formula is C14H22O3. The first kappa shape index (κ1) is 17.8. The first-order valence-electron chi connectivity index (χ1n) is 5.54. The van der Waals surface area contributed by atoms with Gasteiger partial charge in [-0.05, 0) is 25.0 Å². The van der Waals surface area contributed by atoms with Gasteiger partial charge in [0.25, 0.3) is 0 Å². The van der Waals surface area contributed by atoms with Gasteiger partial charge in [0.15, 0.2) is 0 Å². The highest BCUT2D eigenvalue weighted by Crippen LogP contribution is 2.17. The smallest absolute Gasteiger partial charge is 0.331 e. The zero-order valence-electron chi connectivity index (χ0n) is 11.2. The number of hydrogen-bond acceptors (Lipinski definition) is 2. The summed E-state index contributed by atoms with van der Waals surface area (Å²) in [4.78, 5) is 10.7. The van der Waals surface area contributed by atoms with E-state index >= 15 is 0 Å². The van der Waals surface area contributed by atoms with Gasteiger partial charge >= 0.3 is 5.97 Å². The number of aliphatic hydroxyl groups excluding tert-OH is 1. The quantitative estimate of drug-likeness (QED) is 0.778. The molecular weight excluding hydrogens is 216 g/mol. The lowest BCUT2D eigenvalue weighted by Crippen LogP contribution is -1.98. The van der Waals surface area contributed by atoms with Crippen molar-refractivity contribution in [3.8, 4) is 0 Å². The molecule has 0 amide bonds. The van der Waals surface area contributed by atoms with Gasteiger partial charge in [0.1, 0.15) is 0 Å². The van der Waals surface area contributed by atoms with Crippen molar-refractivity contribution in [3.63, 3.8) is 0 Å². The summed E-state index contributed by atoms with van der Waals surface area (Å²) >= 11 is 0. The van der Waals surface area contributed by atoms with Gasteiger partial charge in [0.2, 0.25) is 0 Å². The first-order valence-corrected chi connectivity index (χ1v) is 5.54. The van der Waals surface area contributed by atoms with E-state index in [0.717, 1.165) is 18.2 Å². The van der Waals surface area contributed by atoms with Crippen LogP contribution in [0.5, 0.6) is 0 Å². The maximum absolute atomic E-state index is 10.7. The number of rotatable bonds is 2. The summed E-state index contributed by atoms with van der Waals surface area (Å²) in [6, 6.07) is 9.51. The van der Waals surface area contributed by atoms with E-state index in [1.807, 2.05) is 51.1 Å². The van der Waals surface area contributed by atoms with Crippen molar-refractivity contribution < 1.29 is 15.0 Å². The van der Waals surface area contributed by atoms with Crippen molar-refractivity contribution in [3.05, 3.63) is 41.5 Å². The second-order valence-corrected chi connectivity index (χ2v) is 2.92. The van der Waals surface area contributed by atoms with Crippen molar-refractivity contribution in [2.75, 3.05) is 7.11 Å². The molecule has 0 aliphatic carbocycles. The summed E-state index contributed by atoms with van der Waals surface area (Å²) in [5.41, 5.74) is 2.17. The average Bonchev–Trinajstić information content (AvgIpc) is 2.42. The number of allylic oxidation sites excluding steroid dienone is 1. The van der Waals surface area contributed by atoms with E-state index in [1.165, 1.54) is 0 Å². The Morgan fingerprint density at radius 3 is 1.76 bits per heavy atom. The Balaban J connectivity index is 0. The molecule has 96 valence electrons. The van der Waals surface area contributed by atoms with E-state index in [1.54, 1.807) is 6.92 Å². The zero-order valence-corrected chi connectivity index (χ0v) is 11.2. The minimum absolute atomic E-state index is 0.395. The van der Waals surface area contributed by atoms with Crippen LogP contribution in [0.25, 0.3) is 5.57 Å². The van der Waals surface area contributed by atoms with Crippen molar-refractivity contribution in [1.82, 2.24) is 0 Å². The Morgan fingerprint density at radius 2 is 1.41 bits per heavy atom. The standard InChI is InChI=1S/C11H12O2.C2H6.CH4O/c1-8(9(2)11(12)13)10-6-4-3-5-7-10;2*1-2/h3-7H,1-2H3,(H,12,13);1-2H3;2H,1H3. The van der Waals surface area contributed by atoms with Crippen LogP contribution < -0.4 is 0 Å². The second-order valence-electron chi connectivity index (χ2n) is 2.92. The molecule has 0 unspecified atom stereocenters. The molecule has 1 rings (SSSR count). The highest BCUT2D eigenvalue weighted by atomic mass is 16.4. The van der Waals surface area contributed by atoms with Crippen molar-refractivity contribution in [2.45, 2.75) is 27.7 Å². The van der Waals surface area contributed by atoms with Crippen LogP contribution in [-0.4, -0.2) is 23.3 Å². The SMILES string of the molecule is CC.CC(C(=O)O)=C(C)c1ccccc1.CO. The number of carboxylic acids is 1. The van der Waals surface area contributed by atoms with E-state index in [4.69, 9.17) is 10.2 Å². The van der Waals surface area contributed by atoms with Crippen LogP contribution in [0, 0.1) is 0 Å². The molecule has 0 aromatic heterocycles. The highest BCUT2D eigenvalue weighted by Gasteiger charge is 2.05. The normalized spacial score (nSPS) is 10.0. The van der Waals surface area contributed by atoms with Gasteiger partial charge in [-0.1, -0.05) is 44.2 Å². The van der Waals surface area contributed by atoms with Gasteiger partial charge in [0.05, 0.1) is 0 Å². The molecule has 3 heteroatoms. The lowest BCUT2D eigenvalue weighted by Gasteiger charge is -2.03. The van der Waals surface area contributed by atoms with Crippen molar-refractivity contribution in [1.29, 1.82) is 0 Å². The van der Waals surface area contributed by atoms with Crippen LogP contribution in [0.1, 0.15) is 33.3 Å². The maximum Gasteiger partial charge on any atom is 0.331 e. The lowest BCUT2D eigenvalue weighted by atomic mass is 10.0. The summed E-state index contributed by atoms with van der Waals surface area (Å²) in [5, 5.41) is 15.8. The number of carbonyl (C=O) groups is 1. The summed E-state index contributed by atoms with van der Waals surface area (Å²) in [6.45, 7) is 7.43. The average molecular weight is 238 g/mol. The van der Waals surface area contributed by atoms with Crippen LogP contribution in [0.3, 0.4) is 0 Å². The molecule has 0 bridgehead atoms. The largest absolute Gasteiger partial charge is 0.478 e. The number of aliphatic carboxylic acids is 1. The van der Waals surface area contributed by atoms with E-state index in [9.17, 15) is 4.79 Å². The minimum Gasteiger partial charge on any atom is -0.478 e. The lowest BCUT2D eigenvalue weighted by molar-refractivity contribution is -0.132. The molecule has 3 nitrogen and oxygen atoms in total. The van der Waals surface area contributed by atoms with Crippen LogP contribution in [0.4, 0.5) is 0 Å².